The summed E-state index contributed by atoms with van der Waals surface area (Å²) in [4.78, 5) is 17.5. The van der Waals surface area contributed by atoms with Gasteiger partial charge in [-0.25, -0.2) is 0 Å². The number of amides is 1. The van der Waals surface area contributed by atoms with E-state index in [-0.39, 0.29) is 11.3 Å². The molecule has 0 unspecified atom stereocenters. The Hall–Kier alpha value is -2.20. The van der Waals surface area contributed by atoms with Crippen molar-refractivity contribution in [3.05, 3.63) is 59.1 Å². The van der Waals surface area contributed by atoms with Gasteiger partial charge in [0, 0.05) is 31.2 Å². The van der Waals surface area contributed by atoms with Crippen LogP contribution in [0.5, 0.6) is 5.75 Å². The van der Waals surface area contributed by atoms with Crippen LogP contribution in [-0.2, 0) is 10.2 Å². The number of carbonyl (C=O) groups excluding carboxylic acids is 1. The Morgan fingerprint density at radius 2 is 1.65 bits per heavy atom. The minimum Gasteiger partial charge on any atom is -0.495 e. The van der Waals surface area contributed by atoms with Crippen LogP contribution in [0.3, 0.4) is 0 Å². The van der Waals surface area contributed by atoms with E-state index in [1.807, 2.05) is 47.4 Å². The largest absolute Gasteiger partial charge is 0.495 e. The van der Waals surface area contributed by atoms with Crippen molar-refractivity contribution in [2.24, 2.45) is 0 Å². The molecule has 0 radical (unpaired) electrons. The van der Waals surface area contributed by atoms with Crippen LogP contribution in [0.15, 0.2) is 48.5 Å². The van der Waals surface area contributed by atoms with Crippen LogP contribution < -0.4 is 9.64 Å². The summed E-state index contributed by atoms with van der Waals surface area (Å²) < 4.78 is 5.47. The van der Waals surface area contributed by atoms with Crippen molar-refractivity contribution >= 4 is 23.2 Å². The van der Waals surface area contributed by atoms with E-state index in [0.717, 1.165) is 56.0 Å². The van der Waals surface area contributed by atoms with Gasteiger partial charge in [-0.15, -0.1) is 0 Å². The number of carbonyl (C=O) groups is 1. The molecule has 4 rings (SSSR count). The number of piperazine rings is 1. The first-order valence-electron chi connectivity index (χ1n) is 9.07. The lowest BCUT2D eigenvalue weighted by Gasteiger charge is -2.38. The minimum absolute atomic E-state index is 0.263. The summed E-state index contributed by atoms with van der Waals surface area (Å²) in [6.45, 7) is 3.13. The lowest BCUT2D eigenvalue weighted by atomic mass is 9.94. The number of para-hydroxylation sites is 2. The number of hydrogen-bond donors (Lipinski definition) is 0. The molecule has 1 saturated heterocycles. The molecule has 1 saturated carbocycles. The average Bonchev–Trinajstić information content (AvgIpc) is 3.50. The van der Waals surface area contributed by atoms with Gasteiger partial charge in [0.2, 0.25) is 5.91 Å². The van der Waals surface area contributed by atoms with Gasteiger partial charge in [0.25, 0.3) is 0 Å². The zero-order chi connectivity index (χ0) is 18.1. The summed E-state index contributed by atoms with van der Waals surface area (Å²) >= 11 is 6.00. The second-order valence-electron chi connectivity index (χ2n) is 7.04. The number of anilines is 1. The highest BCUT2D eigenvalue weighted by atomic mass is 35.5. The Morgan fingerprint density at radius 3 is 2.27 bits per heavy atom. The summed E-state index contributed by atoms with van der Waals surface area (Å²) in [6, 6.07) is 15.8. The highest BCUT2D eigenvalue weighted by Crippen LogP contribution is 2.50. The Bertz CT molecular complexity index is 794. The van der Waals surface area contributed by atoms with Gasteiger partial charge in [-0.1, -0.05) is 35.9 Å². The van der Waals surface area contributed by atoms with E-state index in [9.17, 15) is 4.79 Å². The summed E-state index contributed by atoms with van der Waals surface area (Å²) in [5.74, 6) is 1.15. The van der Waals surface area contributed by atoms with E-state index < -0.39 is 0 Å². The van der Waals surface area contributed by atoms with Crippen LogP contribution in [0.2, 0.25) is 5.02 Å². The molecule has 2 aromatic rings. The zero-order valence-corrected chi connectivity index (χ0v) is 15.7. The fourth-order valence-corrected chi connectivity index (χ4v) is 3.99. The predicted octanol–water partition coefficient (Wildman–Crippen LogP) is 3.73. The SMILES string of the molecule is COc1ccccc1N1CCN(C(=O)C2(c3ccc(Cl)cc3)CC2)CC1. The molecule has 5 heteroatoms. The lowest BCUT2D eigenvalue weighted by molar-refractivity contribution is -0.134. The first-order chi connectivity index (χ1) is 12.6. The Morgan fingerprint density at radius 1 is 1.00 bits per heavy atom. The number of ether oxygens (including phenoxy) is 1. The normalized spacial score (nSPS) is 18.5. The number of hydrogen-bond acceptors (Lipinski definition) is 3. The maximum absolute atomic E-state index is 13.2. The van der Waals surface area contributed by atoms with Gasteiger partial charge in [0.05, 0.1) is 18.2 Å². The fourth-order valence-electron chi connectivity index (χ4n) is 3.86. The fraction of sp³-hybridized carbons (Fsp3) is 0.381. The van der Waals surface area contributed by atoms with Crippen LogP contribution in [0, 0.1) is 0 Å². The first-order valence-corrected chi connectivity index (χ1v) is 9.45. The van der Waals surface area contributed by atoms with Gasteiger partial charge in [-0.3, -0.25) is 4.79 Å². The molecular weight excluding hydrogens is 348 g/mol. The molecule has 26 heavy (non-hydrogen) atoms. The highest BCUT2D eigenvalue weighted by Gasteiger charge is 2.53. The van der Waals surface area contributed by atoms with Crippen LogP contribution in [0.25, 0.3) is 0 Å². The molecule has 0 N–H and O–H groups in total. The van der Waals surface area contributed by atoms with Gasteiger partial charge >= 0.3 is 0 Å². The molecule has 0 atom stereocenters. The number of benzene rings is 2. The van der Waals surface area contributed by atoms with E-state index in [1.165, 1.54) is 0 Å². The quantitative estimate of drug-likeness (QED) is 0.822. The smallest absolute Gasteiger partial charge is 0.233 e. The first kappa shape index (κ1) is 17.2. The second-order valence-corrected chi connectivity index (χ2v) is 7.48. The molecule has 2 aliphatic rings. The number of methoxy groups -OCH3 is 1. The van der Waals surface area contributed by atoms with Gasteiger partial charge in [-0.2, -0.15) is 0 Å². The number of rotatable bonds is 4. The molecule has 1 heterocycles. The number of halogens is 1. The van der Waals surface area contributed by atoms with Gasteiger partial charge in [0.1, 0.15) is 5.75 Å². The number of nitrogens with zero attached hydrogens (tertiary/aromatic N) is 2. The monoisotopic (exact) mass is 370 g/mol. The third-order valence-electron chi connectivity index (χ3n) is 5.55. The van der Waals surface area contributed by atoms with Crippen molar-refractivity contribution in [2.45, 2.75) is 18.3 Å². The maximum Gasteiger partial charge on any atom is 0.233 e. The molecule has 0 bridgehead atoms. The van der Waals surface area contributed by atoms with Crippen molar-refractivity contribution < 1.29 is 9.53 Å². The van der Waals surface area contributed by atoms with E-state index in [2.05, 4.69) is 11.0 Å². The summed E-state index contributed by atoms with van der Waals surface area (Å²) in [7, 11) is 1.70. The van der Waals surface area contributed by atoms with Gasteiger partial charge < -0.3 is 14.5 Å². The third-order valence-corrected chi connectivity index (χ3v) is 5.80. The van der Waals surface area contributed by atoms with Crippen molar-refractivity contribution in [1.29, 1.82) is 0 Å². The Balaban J connectivity index is 1.45. The molecule has 0 aromatic heterocycles. The van der Waals surface area contributed by atoms with E-state index in [1.54, 1.807) is 7.11 Å². The Kier molecular flexibility index (Phi) is 4.53. The van der Waals surface area contributed by atoms with Crippen molar-refractivity contribution in [2.75, 3.05) is 38.2 Å². The van der Waals surface area contributed by atoms with Crippen LogP contribution >= 0.6 is 11.6 Å². The van der Waals surface area contributed by atoms with E-state index in [4.69, 9.17) is 16.3 Å². The summed E-state index contributed by atoms with van der Waals surface area (Å²) in [5.41, 5.74) is 1.87. The van der Waals surface area contributed by atoms with Gasteiger partial charge in [-0.05, 0) is 42.7 Å². The summed E-state index contributed by atoms with van der Waals surface area (Å²) in [5, 5.41) is 0.711. The lowest BCUT2D eigenvalue weighted by Crippen LogP contribution is -2.51. The molecule has 1 aliphatic carbocycles. The van der Waals surface area contributed by atoms with E-state index in [0.29, 0.717) is 5.02 Å². The van der Waals surface area contributed by atoms with E-state index >= 15 is 0 Å². The van der Waals surface area contributed by atoms with Crippen molar-refractivity contribution in [3.8, 4) is 5.75 Å². The minimum atomic E-state index is -0.322. The predicted molar refractivity (Wildman–Crippen MR) is 104 cm³/mol. The molecule has 2 fully saturated rings. The second kappa shape index (κ2) is 6.84. The topological polar surface area (TPSA) is 32.8 Å². The molecule has 1 aliphatic heterocycles. The molecular formula is C21H23ClN2O2. The van der Waals surface area contributed by atoms with Crippen LogP contribution in [0.1, 0.15) is 18.4 Å². The highest BCUT2D eigenvalue weighted by molar-refractivity contribution is 6.30. The molecule has 0 spiro atoms. The Labute approximate surface area is 159 Å². The molecule has 2 aromatic carbocycles. The average molecular weight is 371 g/mol. The van der Waals surface area contributed by atoms with Gasteiger partial charge in [0.15, 0.2) is 0 Å². The molecule has 1 amide bonds. The summed E-state index contributed by atoms with van der Waals surface area (Å²) in [6.07, 6.45) is 1.86. The van der Waals surface area contributed by atoms with Crippen LogP contribution in [0.4, 0.5) is 5.69 Å². The van der Waals surface area contributed by atoms with Crippen LogP contribution in [-0.4, -0.2) is 44.1 Å². The van der Waals surface area contributed by atoms with Crippen molar-refractivity contribution in [3.63, 3.8) is 0 Å². The zero-order valence-electron chi connectivity index (χ0n) is 15.0. The molecule has 4 nitrogen and oxygen atoms in total. The third kappa shape index (κ3) is 3.03. The maximum atomic E-state index is 13.2. The standard InChI is InChI=1S/C21H23ClN2O2/c1-26-19-5-3-2-4-18(19)23-12-14-24(15-13-23)20(25)21(10-11-21)16-6-8-17(22)9-7-16/h2-9H,10-15H2,1H3. The van der Waals surface area contributed by atoms with Crippen molar-refractivity contribution in [1.82, 2.24) is 4.90 Å². The molecule has 136 valence electrons.